The zero-order valence-electron chi connectivity index (χ0n) is 30.2. The Labute approximate surface area is 307 Å². The molecule has 0 aliphatic rings. The van der Waals surface area contributed by atoms with Crippen molar-refractivity contribution in [1.82, 2.24) is 9.97 Å². The van der Waals surface area contributed by atoms with Crippen LogP contribution in [0.1, 0.15) is 58.1 Å². The summed E-state index contributed by atoms with van der Waals surface area (Å²) < 4.78 is 0. The van der Waals surface area contributed by atoms with Crippen molar-refractivity contribution in [2.75, 3.05) is 38.0 Å². The smallest absolute Gasteiger partial charge is 0.0878 e. The minimum absolute atomic E-state index is 0.103. The third-order valence-corrected chi connectivity index (χ3v) is 9.09. The summed E-state index contributed by atoms with van der Waals surface area (Å²) >= 11 is 0. The Morgan fingerprint density at radius 1 is 0.462 bits per heavy atom. The molecule has 0 saturated carbocycles. The van der Waals surface area contributed by atoms with Gasteiger partial charge in [-0.15, -0.1) is 0 Å². The van der Waals surface area contributed by atoms with Gasteiger partial charge in [0.05, 0.1) is 11.4 Å². The van der Waals surface area contributed by atoms with Gasteiger partial charge in [0.1, 0.15) is 0 Å². The lowest BCUT2D eigenvalue weighted by Crippen LogP contribution is -2.12. The van der Waals surface area contributed by atoms with Crippen molar-refractivity contribution in [3.63, 3.8) is 0 Å². The molecule has 0 aliphatic heterocycles. The number of benzene rings is 4. The fourth-order valence-electron chi connectivity index (χ4n) is 6.14. The normalized spacial score (nSPS) is 12.6. The summed E-state index contributed by atoms with van der Waals surface area (Å²) in [5.41, 5.74) is 10.2. The molecule has 0 aliphatic carbocycles. The highest BCUT2D eigenvalue weighted by Gasteiger charge is 2.20. The molecule has 2 N–H and O–H groups in total. The summed E-state index contributed by atoms with van der Waals surface area (Å²) in [6.45, 7) is 0. The van der Waals surface area contributed by atoms with Crippen LogP contribution in [0.15, 0.2) is 169 Å². The van der Waals surface area contributed by atoms with E-state index >= 15 is 0 Å². The van der Waals surface area contributed by atoms with Crippen LogP contribution in [0.5, 0.6) is 0 Å². The molecule has 2 atom stereocenters. The van der Waals surface area contributed by atoms with Crippen LogP contribution in [0.25, 0.3) is 0 Å². The van der Waals surface area contributed by atoms with E-state index in [4.69, 9.17) is 0 Å². The maximum absolute atomic E-state index is 9.60. The van der Waals surface area contributed by atoms with Crippen LogP contribution < -0.4 is 9.80 Å². The van der Waals surface area contributed by atoms with E-state index in [0.717, 1.165) is 22.5 Å². The minimum atomic E-state index is 0.103. The van der Waals surface area contributed by atoms with Gasteiger partial charge in [-0.05, 0) is 70.8 Å². The van der Waals surface area contributed by atoms with Gasteiger partial charge in [-0.25, -0.2) is 0 Å². The standard InChI is InChI=1S/2C22H23N3O/c2*1-25(2)20-10-8-18(9-11-20)21(17-6-4-3-5-7-17)16-22(24-26)19-12-14-23-15-13-19/h2*3-15,21,26H,16H2,1-2H3/b24-22+;24-22-. The fourth-order valence-corrected chi connectivity index (χ4v) is 6.14. The molecule has 0 saturated heterocycles. The van der Waals surface area contributed by atoms with Gasteiger partial charge >= 0.3 is 0 Å². The molecule has 0 spiro atoms. The highest BCUT2D eigenvalue weighted by atomic mass is 16.4. The maximum atomic E-state index is 9.60. The number of aromatic nitrogens is 2. The van der Waals surface area contributed by atoms with E-state index in [0.29, 0.717) is 24.3 Å². The van der Waals surface area contributed by atoms with E-state index in [1.54, 1.807) is 24.8 Å². The number of anilines is 2. The zero-order chi connectivity index (χ0) is 36.7. The number of oxime groups is 2. The Bertz CT molecular complexity index is 1840. The Morgan fingerprint density at radius 2 is 0.769 bits per heavy atom. The monoisotopic (exact) mass is 690 g/mol. The lowest BCUT2D eigenvalue weighted by atomic mass is 9.85. The van der Waals surface area contributed by atoms with E-state index in [9.17, 15) is 10.4 Å². The Kier molecular flexibility index (Phi) is 13.3. The second-order valence-electron chi connectivity index (χ2n) is 12.9. The van der Waals surface area contributed by atoms with Crippen molar-refractivity contribution in [2.45, 2.75) is 24.7 Å². The molecule has 6 rings (SSSR count). The molecule has 2 aromatic heterocycles. The van der Waals surface area contributed by atoms with Crippen molar-refractivity contribution >= 4 is 22.8 Å². The molecule has 52 heavy (non-hydrogen) atoms. The lowest BCUT2D eigenvalue weighted by Gasteiger charge is -2.20. The summed E-state index contributed by atoms with van der Waals surface area (Å²) in [6, 6.07) is 45.2. The number of pyridine rings is 2. The van der Waals surface area contributed by atoms with Gasteiger partial charge < -0.3 is 20.2 Å². The average Bonchev–Trinajstić information content (AvgIpc) is 3.20. The number of hydrogen-bond donors (Lipinski definition) is 2. The van der Waals surface area contributed by atoms with Crippen molar-refractivity contribution in [3.05, 3.63) is 192 Å². The minimum Gasteiger partial charge on any atom is -0.411 e. The first kappa shape index (κ1) is 37.0. The van der Waals surface area contributed by atoms with Crippen LogP contribution in [0.4, 0.5) is 11.4 Å². The van der Waals surface area contributed by atoms with Crippen LogP contribution >= 0.6 is 0 Å². The molecule has 0 radical (unpaired) electrons. The van der Waals surface area contributed by atoms with E-state index < -0.39 is 0 Å². The first-order valence-corrected chi connectivity index (χ1v) is 17.2. The maximum Gasteiger partial charge on any atom is 0.0878 e. The zero-order valence-corrected chi connectivity index (χ0v) is 30.2. The number of rotatable bonds is 12. The van der Waals surface area contributed by atoms with Crippen molar-refractivity contribution in [3.8, 4) is 0 Å². The average molecular weight is 691 g/mol. The summed E-state index contributed by atoms with van der Waals surface area (Å²) in [5.74, 6) is 0.206. The molecule has 4 aromatic carbocycles. The van der Waals surface area contributed by atoms with Gasteiger partial charge in [0, 0.05) is 100 Å². The molecule has 264 valence electrons. The molecule has 6 aromatic rings. The molecule has 0 bridgehead atoms. The largest absolute Gasteiger partial charge is 0.411 e. The van der Waals surface area contributed by atoms with Crippen molar-refractivity contribution in [2.24, 2.45) is 10.3 Å². The third kappa shape index (κ3) is 9.91. The Balaban J connectivity index is 0.000000201. The Morgan fingerprint density at radius 3 is 1.06 bits per heavy atom. The van der Waals surface area contributed by atoms with E-state index in [2.05, 4.69) is 103 Å². The second kappa shape index (κ2) is 18.6. The van der Waals surface area contributed by atoms with Crippen LogP contribution in [0.2, 0.25) is 0 Å². The van der Waals surface area contributed by atoms with Gasteiger partial charge in [0.15, 0.2) is 0 Å². The van der Waals surface area contributed by atoms with Gasteiger partial charge in [-0.1, -0.05) is 95.2 Å². The van der Waals surface area contributed by atoms with Crippen LogP contribution in [0.3, 0.4) is 0 Å². The van der Waals surface area contributed by atoms with E-state index in [1.807, 2.05) is 88.9 Å². The van der Waals surface area contributed by atoms with Gasteiger partial charge in [-0.2, -0.15) is 0 Å². The number of nitrogens with zero attached hydrogens (tertiary/aromatic N) is 6. The van der Waals surface area contributed by atoms with E-state index in [1.165, 1.54) is 22.3 Å². The Hall–Kier alpha value is -6.28. The van der Waals surface area contributed by atoms with E-state index in [-0.39, 0.29) is 11.8 Å². The number of hydrogen-bond acceptors (Lipinski definition) is 8. The molecule has 0 amide bonds. The van der Waals surface area contributed by atoms with Gasteiger partial charge in [-0.3, -0.25) is 9.97 Å². The summed E-state index contributed by atoms with van der Waals surface area (Å²) in [6.07, 6.45) is 8.05. The molecular weight excluding hydrogens is 645 g/mol. The van der Waals surface area contributed by atoms with Gasteiger partial charge in [0.2, 0.25) is 0 Å². The third-order valence-electron chi connectivity index (χ3n) is 9.09. The quantitative estimate of drug-likeness (QED) is 0.0756. The van der Waals surface area contributed by atoms with Crippen LogP contribution in [-0.4, -0.2) is 60.0 Å². The SMILES string of the molecule is CN(C)c1ccc(C(C/C(=N/O)c2ccncc2)c2ccccc2)cc1.CN(C)c1ccc(C(C/C(=N\O)c2ccncc2)c2ccccc2)cc1. The predicted molar refractivity (Wildman–Crippen MR) is 212 cm³/mol. The predicted octanol–water partition coefficient (Wildman–Crippen LogP) is 9.10. The van der Waals surface area contributed by atoms with Crippen LogP contribution in [0, 0.1) is 0 Å². The molecule has 2 unspecified atom stereocenters. The van der Waals surface area contributed by atoms with Crippen LogP contribution in [-0.2, 0) is 0 Å². The first-order chi connectivity index (χ1) is 25.4. The summed E-state index contributed by atoms with van der Waals surface area (Å²) in [4.78, 5) is 12.2. The summed E-state index contributed by atoms with van der Waals surface area (Å²) in [7, 11) is 8.13. The second-order valence-corrected chi connectivity index (χ2v) is 12.9. The highest BCUT2D eigenvalue weighted by molar-refractivity contribution is 6.01. The van der Waals surface area contributed by atoms with Crippen molar-refractivity contribution in [1.29, 1.82) is 0 Å². The molecule has 8 nitrogen and oxygen atoms in total. The molecule has 0 fully saturated rings. The van der Waals surface area contributed by atoms with Crippen molar-refractivity contribution < 1.29 is 10.4 Å². The topological polar surface area (TPSA) is 97.4 Å². The highest BCUT2D eigenvalue weighted by Crippen LogP contribution is 2.32. The fraction of sp³-hybridized carbons (Fsp3) is 0.182. The van der Waals surface area contributed by atoms with Gasteiger partial charge in [0.25, 0.3) is 0 Å². The molecular formula is C44H46N6O2. The molecule has 8 heteroatoms. The lowest BCUT2D eigenvalue weighted by molar-refractivity contribution is 0.317. The molecule has 2 heterocycles. The first-order valence-electron chi connectivity index (χ1n) is 17.2. The summed E-state index contributed by atoms with van der Waals surface area (Å²) in [5, 5.41) is 26.4.